The number of hydrogen-bond acceptors (Lipinski definition) is 4. The predicted octanol–water partition coefficient (Wildman–Crippen LogP) is 3.13. The van der Waals surface area contributed by atoms with E-state index in [0.717, 1.165) is 19.3 Å². The molecule has 0 radical (unpaired) electrons. The van der Waals surface area contributed by atoms with Crippen molar-refractivity contribution < 1.29 is 22.7 Å². The highest BCUT2D eigenvalue weighted by Gasteiger charge is 2.48. The average Bonchev–Trinajstić information content (AvgIpc) is 2.79. The minimum Gasteiger partial charge on any atom is -0.449 e. The van der Waals surface area contributed by atoms with Crippen molar-refractivity contribution in [1.82, 2.24) is 10.3 Å². The second-order valence-electron chi connectivity index (χ2n) is 6.24. The van der Waals surface area contributed by atoms with Crippen molar-refractivity contribution >= 4 is 5.97 Å². The van der Waals surface area contributed by atoms with Crippen LogP contribution in [0.25, 0.3) is 0 Å². The van der Waals surface area contributed by atoms with Crippen LogP contribution in [0.15, 0.2) is 29.6 Å². The van der Waals surface area contributed by atoms with Crippen molar-refractivity contribution in [3.05, 3.63) is 41.1 Å². The van der Waals surface area contributed by atoms with Gasteiger partial charge in [0.1, 0.15) is 0 Å². The largest absolute Gasteiger partial charge is 0.449 e. The normalized spacial score (nSPS) is 19.9. The molecule has 0 bridgehead atoms. The van der Waals surface area contributed by atoms with E-state index in [9.17, 15) is 18.0 Å². The van der Waals surface area contributed by atoms with Crippen LogP contribution in [-0.4, -0.2) is 29.5 Å². The molecule has 4 nitrogen and oxygen atoms in total. The van der Waals surface area contributed by atoms with Gasteiger partial charge in [-0.1, -0.05) is 12.5 Å². The molecule has 2 aliphatic rings. The number of rotatable bonds is 5. The molecule has 0 amide bonds. The van der Waals surface area contributed by atoms with E-state index in [1.54, 1.807) is 0 Å². The van der Waals surface area contributed by atoms with E-state index in [1.165, 1.54) is 18.3 Å². The van der Waals surface area contributed by atoms with Crippen LogP contribution in [0, 0.1) is 5.95 Å². The SMILES string of the molecule is O=C1OC2(CCCCC2)C(NCC(F)F)=C1Cc1ccc(F)nc1. The van der Waals surface area contributed by atoms with Gasteiger partial charge in [-0.15, -0.1) is 0 Å². The number of pyridine rings is 1. The number of hydrogen-bond donors (Lipinski definition) is 1. The third-order valence-corrected chi connectivity index (χ3v) is 4.56. The minimum absolute atomic E-state index is 0.180. The van der Waals surface area contributed by atoms with Gasteiger partial charge in [-0.3, -0.25) is 0 Å². The molecule has 1 aromatic rings. The van der Waals surface area contributed by atoms with E-state index in [0.29, 0.717) is 29.7 Å². The number of esters is 1. The minimum atomic E-state index is -2.53. The number of carbonyl (C=O) groups is 1. The van der Waals surface area contributed by atoms with Crippen LogP contribution < -0.4 is 5.32 Å². The standard InChI is InChI=1S/C17H19F3N2O2/c18-13(19)10-22-15-12(8-11-4-5-14(20)21-9-11)16(23)24-17(15)6-2-1-3-7-17/h4-5,9,13,22H,1-3,6-8,10H2. The topological polar surface area (TPSA) is 51.2 Å². The first kappa shape index (κ1) is 16.8. The van der Waals surface area contributed by atoms with Crippen LogP contribution in [0.3, 0.4) is 0 Å². The first-order valence-corrected chi connectivity index (χ1v) is 8.09. The lowest BCUT2D eigenvalue weighted by molar-refractivity contribution is -0.149. The average molecular weight is 340 g/mol. The maximum atomic E-state index is 12.9. The maximum Gasteiger partial charge on any atom is 0.337 e. The van der Waals surface area contributed by atoms with Gasteiger partial charge < -0.3 is 10.1 Å². The monoisotopic (exact) mass is 340 g/mol. The lowest BCUT2D eigenvalue weighted by atomic mass is 9.81. The third-order valence-electron chi connectivity index (χ3n) is 4.56. The molecule has 1 fully saturated rings. The molecule has 0 saturated heterocycles. The van der Waals surface area contributed by atoms with Gasteiger partial charge in [0.25, 0.3) is 6.43 Å². The summed E-state index contributed by atoms with van der Waals surface area (Å²) < 4.78 is 43.9. The summed E-state index contributed by atoms with van der Waals surface area (Å²) in [6.07, 6.45) is 3.08. The summed E-state index contributed by atoms with van der Waals surface area (Å²) in [5.74, 6) is -1.10. The van der Waals surface area contributed by atoms with Crippen molar-refractivity contribution in [2.24, 2.45) is 0 Å². The Morgan fingerprint density at radius 1 is 1.25 bits per heavy atom. The molecule has 0 aromatic carbocycles. The van der Waals surface area contributed by atoms with Crippen LogP contribution in [0.1, 0.15) is 37.7 Å². The molecule has 0 atom stereocenters. The molecule has 2 heterocycles. The smallest absolute Gasteiger partial charge is 0.337 e. The summed E-state index contributed by atoms with van der Waals surface area (Å²) in [5.41, 5.74) is 0.628. The van der Waals surface area contributed by atoms with Crippen molar-refractivity contribution in [3.8, 4) is 0 Å². The quantitative estimate of drug-likeness (QED) is 0.661. The highest BCUT2D eigenvalue weighted by molar-refractivity contribution is 5.93. The van der Waals surface area contributed by atoms with Gasteiger partial charge in [-0.05, 0) is 37.3 Å². The molecule has 1 N–H and O–H groups in total. The second-order valence-corrected chi connectivity index (χ2v) is 6.24. The molecule has 0 unspecified atom stereocenters. The van der Waals surface area contributed by atoms with Crippen molar-refractivity contribution in [2.75, 3.05) is 6.54 Å². The van der Waals surface area contributed by atoms with E-state index in [1.807, 2.05) is 0 Å². The number of halogens is 3. The van der Waals surface area contributed by atoms with E-state index >= 15 is 0 Å². The lowest BCUT2D eigenvalue weighted by Gasteiger charge is -2.34. The number of ether oxygens (including phenoxy) is 1. The zero-order chi connectivity index (χ0) is 17.2. The maximum absolute atomic E-state index is 12.9. The number of nitrogens with zero attached hydrogens (tertiary/aromatic N) is 1. The molecule has 1 aliphatic heterocycles. The van der Waals surface area contributed by atoms with Gasteiger partial charge in [0.2, 0.25) is 5.95 Å². The number of alkyl halides is 2. The van der Waals surface area contributed by atoms with Gasteiger partial charge >= 0.3 is 5.97 Å². The summed E-state index contributed by atoms with van der Waals surface area (Å²) in [7, 11) is 0. The van der Waals surface area contributed by atoms with Gasteiger partial charge in [-0.2, -0.15) is 4.39 Å². The molecule has 7 heteroatoms. The summed E-state index contributed by atoms with van der Waals surface area (Å²) in [5, 5.41) is 2.74. The molecular weight excluding hydrogens is 321 g/mol. The second kappa shape index (κ2) is 6.83. The molecule has 1 saturated carbocycles. The molecule has 1 aromatic heterocycles. The van der Waals surface area contributed by atoms with Crippen LogP contribution >= 0.6 is 0 Å². The fourth-order valence-corrected chi connectivity index (χ4v) is 3.46. The van der Waals surface area contributed by atoms with E-state index in [-0.39, 0.29) is 6.42 Å². The molecular formula is C17H19F3N2O2. The van der Waals surface area contributed by atoms with Crippen LogP contribution in [0.2, 0.25) is 0 Å². The summed E-state index contributed by atoms with van der Waals surface area (Å²) in [4.78, 5) is 15.9. The van der Waals surface area contributed by atoms with Gasteiger partial charge in [0, 0.05) is 12.6 Å². The van der Waals surface area contributed by atoms with Gasteiger partial charge in [0.05, 0.1) is 17.8 Å². The van der Waals surface area contributed by atoms with E-state index < -0.39 is 30.5 Å². The van der Waals surface area contributed by atoms with Gasteiger partial charge in [-0.25, -0.2) is 18.6 Å². The predicted molar refractivity (Wildman–Crippen MR) is 80.8 cm³/mol. The Balaban J connectivity index is 1.91. The zero-order valence-electron chi connectivity index (χ0n) is 13.2. The van der Waals surface area contributed by atoms with E-state index in [4.69, 9.17) is 4.74 Å². The summed E-state index contributed by atoms with van der Waals surface area (Å²) in [6.45, 7) is -0.529. The number of nitrogens with one attached hydrogen (secondary N) is 1. The van der Waals surface area contributed by atoms with Crippen LogP contribution in [-0.2, 0) is 16.0 Å². The number of carbonyl (C=O) groups excluding carboxylic acids is 1. The first-order chi connectivity index (χ1) is 11.5. The Morgan fingerprint density at radius 3 is 2.62 bits per heavy atom. The van der Waals surface area contributed by atoms with Crippen molar-refractivity contribution in [1.29, 1.82) is 0 Å². The molecule has 3 rings (SSSR count). The summed E-state index contributed by atoms with van der Waals surface area (Å²) >= 11 is 0. The lowest BCUT2D eigenvalue weighted by Crippen LogP contribution is -2.41. The highest BCUT2D eigenvalue weighted by atomic mass is 19.3. The summed E-state index contributed by atoms with van der Waals surface area (Å²) in [6, 6.07) is 2.73. The first-order valence-electron chi connectivity index (χ1n) is 8.09. The Morgan fingerprint density at radius 2 is 2.00 bits per heavy atom. The van der Waals surface area contributed by atoms with Crippen LogP contribution in [0.4, 0.5) is 13.2 Å². The van der Waals surface area contributed by atoms with E-state index in [2.05, 4.69) is 10.3 Å². The highest BCUT2D eigenvalue weighted by Crippen LogP contribution is 2.43. The molecule has 1 aliphatic carbocycles. The van der Waals surface area contributed by atoms with Crippen LogP contribution in [0.5, 0.6) is 0 Å². The fourth-order valence-electron chi connectivity index (χ4n) is 3.46. The zero-order valence-corrected chi connectivity index (χ0v) is 13.2. The van der Waals surface area contributed by atoms with Gasteiger partial charge in [0.15, 0.2) is 5.60 Å². The Hall–Kier alpha value is -2.05. The Labute approximate surface area is 138 Å². The molecule has 24 heavy (non-hydrogen) atoms. The Kier molecular flexibility index (Phi) is 4.78. The molecule has 1 spiro atoms. The van der Waals surface area contributed by atoms with Crippen molar-refractivity contribution in [3.63, 3.8) is 0 Å². The third kappa shape index (κ3) is 3.39. The molecule has 130 valence electrons. The Bertz CT molecular complexity index is 638. The fraction of sp³-hybridized carbons (Fsp3) is 0.529. The van der Waals surface area contributed by atoms with Crippen molar-refractivity contribution in [2.45, 2.75) is 50.6 Å². The number of aromatic nitrogens is 1.